The monoisotopic (exact) mass is 664 g/mol. The van der Waals surface area contributed by atoms with E-state index in [0.717, 1.165) is 34.4 Å². The number of alkyl halides is 3. The summed E-state index contributed by atoms with van der Waals surface area (Å²) in [5, 5.41) is 7.85. The van der Waals surface area contributed by atoms with Crippen molar-refractivity contribution in [3.05, 3.63) is 77.9 Å². The molecule has 0 unspecified atom stereocenters. The minimum Gasteiger partial charge on any atom is -0.448 e. The van der Waals surface area contributed by atoms with Crippen LogP contribution >= 0.6 is 0 Å². The second-order valence-electron chi connectivity index (χ2n) is 11.4. The van der Waals surface area contributed by atoms with Gasteiger partial charge in [0.05, 0.1) is 10.6 Å². The second kappa shape index (κ2) is 11.6. The average Bonchev–Trinajstić information content (AvgIpc) is 3.30. The topological polar surface area (TPSA) is 139 Å². The Morgan fingerprint density at radius 1 is 0.889 bits per heavy atom. The highest BCUT2D eigenvalue weighted by atomic mass is 32.2. The van der Waals surface area contributed by atoms with Gasteiger partial charge in [-0.2, -0.15) is 13.2 Å². The van der Waals surface area contributed by atoms with Gasteiger partial charge in [-0.05, 0) is 53.3 Å². The zero-order chi connectivity index (χ0) is 32.1. The maximum Gasteiger partial charge on any atom is 0.501 e. The first-order chi connectivity index (χ1) is 21.2. The van der Waals surface area contributed by atoms with E-state index in [9.17, 15) is 34.8 Å². The highest BCUT2D eigenvalue weighted by Gasteiger charge is 2.49. The molecular weight excluding hydrogens is 633 g/mol. The van der Waals surface area contributed by atoms with E-state index in [1.165, 1.54) is 0 Å². The van der Waals surface area contributed by atoms with Crippen molar-refractivity contribution in [1.82, 2.24) is 9.80 Å². The Morgan fingerprint density at radius 3 is 2.02 bits per heavy atom. The Bertz CT molecular complexity index is 1790. The molecule has 0 spiro atoms. The van der Waals surface area contributed by atoms with Gasteiger partial charge in [-0.3, -0.25) is 4.90 Å². The zero-order valence-corrected chi connectivity index (χ0v) is 25.5. The summed E-state index contributed by atoms with van der Waals surface area (Å²) < 4.78 is 93.6. The summed E-state index contributed by atoms with van der Waals surface area (Å²) in [4.78, 5) is 14.9. The molecule has 1 aliphatic heterocycles. The number of ether oxygens (including phenoxy) is 1. The van der Waals surface area contributed by atoms with Gasteiger partial charge in [0.25, 0.3) is 9.84 Å². The van der Waals surface area contributed by atoms with E-state index in [2.05, 4.69) is 34.5 Å². The quantitative estimate of drug-likeness (QED) is 0.385. The largest absolute Gasteiger partial charge is 0.501 e. The molecule has 2 fully saturated rings. The molecule has 10 nitrogen and oxygen atoms in total. The number of carbonyl (C=O) groups is 1. The van der Waals surface area contributed by atoms with Crippen molar-refractivity contribution in [2.75, 3.05) is 38.1 Å². The molecule has 6 rings (SSSR count). The van der Waals surface area contributed by atoms with Crippen molar-refractivity contribution in [2.24, 2.45) is 5.14 Å². The minimum atomic E-state index is -5.85. The SMILES string of the molecule is NS(=O)(=O)c1ccc(NC2CC(N3CCN(C(=O)OCC4c5ccccc5-c5ccccc54)CC3)C2)c(S(=O)(=O)C(F)(F)F)c1. The molecule has 15 heteroatoms. The first-order valence-corrected chi connectivity index (χ1v) is 17.4. The fourth-order valence-corrected chi connectivity index (χ4v) is 7.89. The van der Waals surface area contributed by atoms with Gasteiger partial charge < -0.3 is 15.0 Å². The zero-order valence-electron chi connectivity index (χ0n) is 23.9. The number of sulfonamides is 1. The highest BCUT2D eigenvalue weighted by Crippen LogP contribution is 2.44. The number of nitrogens with one attached hydrogen (secondary N) is 1. The summed E-state index contributed by atoms with van der Waals surface area (Å²) in [5.74, 6) is -0.0374. The molecule has 0 radical (unpaired) electrons. The van der Waals surface area contributed by atoms with Crippen LogP contribution in [0, 0.1) is 0 Å². The lowest BCUT2D eigenvalue weighted by Crippen LogP contribution is -2.57. The molecule has 1 saturated heterocycles. The first-order valence-electron chi connectivity index (χ1n) is 14.3. The maximum atomic E-state index is 13.4. The number of primary sulfonamides is 1. The van der Waals surface area contributed by atoms with Crippen molar-refractivity contribution >= 4 is 31.6 Å². The molecule has 240 valence electrons. The minimum absolute atomic E-state index is 0.0374. The lowest BCUT2D eigenvalue weighted by molar-refractivity contribution is -0.0435. The smallest absolute Gasteiger partial charge is 0.448 e. The van der Waals surface area contributed by atoms with Gasteiger partial charge in [0.15, 0.2) is 0 Å². The van der Waals surface area contributed by atoms with Gasteiger partial charge in [0.1, 0.15) is 11.5 Å². The number of fused-ring (bicyclic) bond motifs is 3. The molecule has 3 aromatic carbocycles. The third-order valence-electron chi connectivity index (χ3n) is 8.77. The summed E-state index contributed by atoms with van der Waals surface area (Å²) in [7, 11) is -10.3. The van der Waals surface area contributed by atoms with Crippen molar-refractivity contribution in [1.29, 1.82) is 0 Å². The summed E-state index contributed by atoms with van der Waals surface area (Å²) >= 11 is 0. The lowest BCUT2D eigenvalue weighted by Gasteiger charge is -2.46. The summed E-state index contributed by atoms with van der Waals surface area (Å²) in [6, 6.07) is 18.3. The van der Waals surface area contributed by atoms with Gasteiger partial charge >= 0.3 is 11.6 Å². The molecule has 3 aromatic rings. The lowest BCUT2D eigenvalue weighted by atomic mass is 9.85. The molecule has 1 saturated carbocycles. The summed E-state index contributed by atoms with van der Waals surface area (Å²) in [6.45, 7) is 2.30. The number of carbonyl (C=O) groups excluding carboxylic acids is 1. The van der Waals surface area contributed by atoms with Crippen LogP contribution < -0.4 is 10.5 Å². The Labute approximate surface area is 258 Å². The Balaban J connectivity index is 1.02. The van der Waals surface area contributed by atoms with E-state index in [4.69, 9.17) is 9.88 Å². The van der Waals surface area contributed by atoms with Crippen molar-refractivity contribution in [3.8, 4) is 11.1 Å². The van der Waals surface area contributed by atoms with Gasteiger partial charge in [-0.1, -0.05) is 48.5 Å². The fourth-order valence-electron chi connectivity index (χ4n) is 6.32. The van der Waals surface area contributed by atoms with E-state index in [-0.39, 0.29) is 36.4 Å². The fraction of sp³-hybridized carbons (Fsp3) is 0.367. The van der Waals surface area contributed by atoms with Crippen LogP contribution in [-0.4, -0.2) is 83.1 Å². The molecule has 1 amide bonds. The number of sulfone groups is 1. The Morgan fingerprint density at radius 2 is 1.47 bits per heavy atom. The van der Waals surface area contributed by atoms with Gasteiger partial charge in [0, 0.05) is 44.2 Å². The van der Waals surface area contributed by atoms with Crippen LogP contribution in [-0.2, 0) is 24.6 Å². The van der Waals surface area contributed by atoms with Crippen molar-refractivity contribution in [2.45, 2.75) is 46.1 Å². The highest BCUT2D eigenvalue weighted by molar-refractivity contribution is 7.92. The summed E-state index contributed by atoms with van der Waals surface area (Å²) in [6.07, 6.45) is 0.659. The third-order valence-corrected chi connectivity index (χ3v) is 11.2. The molecule has 0 bridgehead atoms. The van der Waals surface area contributed by atoms with Crippen LogP contribution in [0.15, 0.2) is 76.5 Å². The standard InChI is InChI=1S/C30H31F3N4O6S2/c31-30(32,33)44(39,40)28-17-21(45(34,41)42)9-10-27(28)35-19-15-20(16-19)36-11-13-37(14-12-36)29(38)43-18-26-24-7-3-1-5-22(24)23-6-2-4-8-25(23)26/h1-10,17,19-20,26,35H,11-16,18H2,(H2,34,41,42). The number of halogens is 3. The van der Waals surface area contributed by atoms with Crippen LogP contribution in [0.4, 0.5) is 23.7 Å². The number of hydrogen-bond donors (Lipinski definition) is 2. The molecule has 0 aromatic heterocycles. The number of benzene rings is 3. The van der Waals surface area contributed by atoms with Gasteiger partial charge in [-0.15, -0.1) is 0 Å². The van der Waals surface area contributed by atoms with Crippen LogP contribution in [0.3, 0.4) is 0 Å². The van der Waals surface area contributed by atoms with E-state index >= 15 is 0 Å². The number of hydrogen-bond acceptors (Lipinski definition) is 8. The van der Waals surface area contributed by atoms with Crippen LogP contribution in [0.1, 0.15) is 29.9 Å². The first kappa shape index (κ1) is 31.3. The molecule has 0 atom stereocenters. The molecule has 1 heterocycles. The predicted octanol–water partition coefficient (Wildman–Crippen LogP) is 4.14. The van der Waals surface area contributed by atoms with Crippen LogP contribution in [0.5, 0.6) is 0 Å². The number of rotatable bonds is 7. The van der Waals surface area contributed by atoms with Crippen LogP contribution in [0.2, 0.25) is 0 Å². The molecule has 2 aliphatic carbocycles. The molecule has 3 aliphatic rings. The molecule has 3 N–H and O–H groups in total. The van der Waals surface area contributed by atoms with Crippen molar-refractivity contribution in [3.63, 3.8) is 0 Å². The van der Waals surface area contributed by atoms with E-state index in [1.807, 2.05) is 24.3 Å². The van der Waals surface area contributed by atoms with Crippen molar-refractivity contribution < 1.29 is 39.5 Å². The van der Waals surface area contributed by atoms with E-state index < -0.39 is 35.2 Å². The van der Waals surface area contributed by atoms with E-state index in [0.29, 0.717) is 45.1 Å². The molecular formula is C30H31F3N4O6S2. The van der Waals surface area contributed by atoms with Crippen LogP contribution in [0.25, 0.3) is 11.1 Å². The average molecular weight is 665 g/mol. The predicted molar refractivity (Wildman–Crippen MR) is 160 cm³/mol. The third kappa shape index (κ3) is 6.01. The number of anilines is 1. The second-order valence-corrected chi connectivity index (χ2v) is 14.9. The Hall–Kier alpha value is -3.66. The maximum absolute atomic E-state index is 13.4. The number of piperazine rings is 1. The van der Waals surface area contributed by atoms with E-state index in [1.54, 1.807) is 4.90 Å². The molecule has 45 heavy (non-hydrogen) atoms. The number of amides is 1. The summed E-state index contributed by atoms with van der Waals surface area (Å²) in [5.41, 5.74) is -1.41. The van der Waals surface area contributed by atoms with Gasteiger partial charge in [-0.25, -0.2) is 26.8 Å². The number of nitrogens with two attached hydrogens (primary N) is 1. The normalized spacial score (nSPS) is 20.7. The van der Waals surface area contributed by atoms with Gasteiger partial charge in [0.2, 0.25) is 10.0 Å². The number of nitrogens with zero attached hydrogens (tertiary/aromatic N) is 2. The Kier molecular flexibility index (Phi) is 8.08.